The van der Waals surface area contributed by atoms with E-state index in [4.69, 9.17) is 4.74 Å². The van der Waals surface area contributed by atoms with Gasteiger partial charge in [-0.05, 0) is 62.2 Å². The molecular weight excluding hydrogens is 549 g/mol. The number of fused-ring (bicyclic) bond motifs is 1. The zero-order valence-electron chi connectivity index (χ0n) is 23.9. The number of hydrogen-bond donors (Lipinski definition) is 2. The molecule has 0 saturated heterocycles. The number of aliphatic hydroxyl groups is 1. The third-order valence-electron chi connectivity index (χ3n) is 8.12. The molecule has 1 saturated carbocycles. The molecule has 3 atom stereocenters. The Labute approximate surface area is 241 Å². The van der Waals surface area contributed by atoms with Gasteiger partial charge in [0.05, 0.1) is 30.5 Å². The summed E-state index contributed by atoms with van der Waals surface area (Å²) in [5, 5.41) is 12.9. The summed E-state index contributed by atoms with van der Waals surface area (Å²) in [6.45, 7) is 3.61. The predicted octanol–water partition coefficient (Wildman–Crippen LogP) is 3.81. The maximum atomic E-state index is 13.4. The number of amides is 2. The number of carbonyl (C=O) groups excluding carboxylic acids is 2. The van der Waals surface area contributed by atoms with Crippen molar-refractivity contribution in [2.45, 2.75) is 69.4 Å². The van der Waals surface area contributed by atoms with E-state index >= 15 is 0 Å². The van der Waals surface area contributed by atoms with E-state index in [9.17, 15) is 27.5 Å². The maximum absolute atomic E-state index is 13.4. The van der Waals surface area contributed by atoms with Crippen LogP contribution in [0, 0.1) is 17.7 Å². The molecule has 2 aliphatic rings. The Bertz CT molecular complexity index is 1330. The lowest BCUT2D eigenvalue weighted by atomic mass is 9.88. The summed E-state index contributed by atoms with van der Waals surface area (Å²) in [5.41, 5.74) is 1.13. The molecule has 1 fully saturated rings. The molecule has 1 aliphatic carbocycles. The van der Waals surface area contributed by atoms with Crippen LogP contribution in [0.1, 0.15) is 51.5 Å². The van der Waals surface area contributed by atoms with Gasteiger partial charge in [0, 0.05) is 36.7 Å². The highest BCUT2D eigenvalue weighted by atomic mass is 32.2. The molecule has 2 aromatic carbocycles. The average molecular weight is 590 g/mol. The minimum absolute atomic E-state index is 0.00400. The summed E-state index contributed by atoms with van der Waals surface area (Å²) < 4.78 is 47.5. The van der Waals surface area contributed by atoms with Crippen LogP contribution in [-0.2, 0) is 26.0 Å². The average Bonchev–Trinajstić information content (AvgIpc) is 3.00. The van der Waals surface area contributed by atoms with E-state index < -0.39 is 28.0 Å². The Morgan fingerprint density at radius 1 is 1.17 bits per heavy atom. The lowest BCUT2D eigenvalue weighted by Crippen LogP contribution is -2.48. The highest BCUT2D eigenvalue weighted by Gasteiger charge is 2.33. The van der Waals surface area contributed by atoms with Crippen molar-refractivity contribution >= 4 is 27.5 Å². The summed E-state index contributed by atoms with van der Waals surface area (Å²) >= 11 is 0. The number of carbonyl (C=O) groups is 2. The summed E-state index contributed by atoms with van der Waals surface area (Å²) in [6, 6.07) is 9.35. The van der Waals surface area contributed by atoms with E-state index in [1.807, 2.05) is 6.92 Å². The van der Waals surface area contributed by atoms with Gasteiger partial charge >= 0.3 is 0 Å². The minimum Gasteiger partial charge on any atom is -0.488 e. The lowest BCUT2D eigenvalue weighted by molar-refractivity contribution is -0.134. The predicted molar refractivity (Wildman–Crippen MR) is 153 cm³/mol. The number of ether oxygens (including phenoxy) is 1. The summed E-state index contributed by atoms with van der Waals surface area (Å²) in [7, 11) is -2.51. The van der Waals surface area contributed by atoms with E-state index in [0.717, 1.165) is 44.2 Å². The molecule has 9 nitrogen and oxygen atoms in total. The second-order valence-electron chi connectivity index (χ2n) is 11.3. The van der Waals surface area contributed by atoms with Crippen LogP contribution < -0.4 is 10.1 Å². The van der Waals surface area contributed by atoms with E-state index in [0.29, 0.717) is 17.0 Å². The number of nitrogens with zero attached hydrogens (tertiary/aromatic N) is 2. The quantitative estimate of drug-likeness (QED) is 0.484. The summed E-state index contributed by atoms with van der Waals surface area (Å²) in [5.74, 6) is -0.681. The van der Waals surface area contributed by atoms with Crippen molar-refractivity contribution in [2.24, 2.45) is 11.8 Å². The summed E-state index contributed by atoms with van der Waals surface area (Å²) in [4.78, 5) is 27.9. The molecule has 2 aromatic rings. The molecule has 1 heterocycles. The van der Waals surface area contributed by atoms with Crippen molar-refractivity contribution in [3.05, 3.63) is 53.8 Å². The fraction of sp³-hybridized carbons (Fsp3) is 0.533. The molecule has 0 spiro atoms. The zero-order valence-corrected chi connectivity index (χ0v) is 24.7. The second-order valence-corrected chi connectivity index (χ2v) is 13.3. The van der Waals surface area contributed by atoms with Crippen molar-refractivity contribution in [1.82, 2.24) is 9.21 Å². The maximum Gasteiger partial charge on any atom is 0.242 e. The van der Waals surface area contributed by atoms with Crippen LogP contribution in [-0.4, -0.2) is 73.4 Å². The first-order valence-corrected chi connectivity index (χ1v) is 15.7. The fourth-order valence-electron chi connectivity index (χ4n) is 5.47. The Kier molecular flexibility index (Phi) is 10.0. The second kappa shape index (κ2) is 13.3. The molecule has 0 radical (unpaired) electrons. The van der Waals surface area contributed by atoms with Gasteiger partial charge in [-0.15, -0.1) is 0 Å². The van der Waals surface area contributed by atoms with Crippen LogP contribution >= 0.6 is 0 Å². The number of benzene rings is 2. The first-order valence-electron chi connectivity index (χ1n) is 14.2. The number of nitrogens with one attached hydrogen (secondary N) is 1. The Morgan fingerprint density at radius 3 is 2.51 bits per heavy atom. The topological polar surface area (TPSA) is 116 Å². The molecule has 0 aromatic heterocycles. The van der Waals surface area contributed by atoms with Gasteiger partial charge in [-0.2, -0.15) is 4.31 Å². The van der Waals surface area contributed by atoms with Gasteiger partial charge in [-0.1, -0.05) is 26.2 Å². The first-order chi connectivity index (χ1) is 19.5. The van der Waals surface area contributed by atoms with E-state index in [-0.39, 0.29) is 54.7 Å². The van der Waals surface area contributed by atoms with E-state index in [1.165, 1.54) is 23.5 Å². The molecule has 0 bridgehead atoms. The summed E-state index contributed by atoms with van der Waals surface area (Å²) in [6.07, 6.45) is 4.28. The van der Waals surface area contributed by atoms with Gasteiger partial charge in [0.15, 0.2) is 0 Å². The smallest absolute Gasteiger partial charge is 0.242 e. The van der Waals surface area contributed by atoms with Crippen molar-refractivity contribution in [3.8, 4) is 5.75 Å². The third-order valence-corrected chi connectivity index (χ3v) is 9.96. The number of aliphatic hydroxyl groups excluding tert-OH is 1. The molecular formula is C30H40FN3O6S. The Hall–Kier alpha value is -3.02. The molecule has 1 aliphatic heterocycles. The molecule has 2 amide bonds. The molecule has 0 unspecified atom stereocenters. The largest absolute Gasteiger partial charge is 0.488 e. The Balaban J connectivity index is 1.62. The fourth-order valence-corrected chi connectivity index (χ4v) is 6.66. The lowest BCUT2D eigenvalue weighted by Gasteiger charge is -2.33. The molecule has 2 N–H and O–H groups in total. The van der Waals surface area contributed by atoms with Gasteiger partial charge < -0.3 is 20.1 Å². The monoisotopic (exact) mass is 589 g/mol. The molecule has 4 rings (SSSR count). The minimum atomic E-state index is -3.94. The number of rotatable bonds is 8. The van der Waals surface area contributed by atoms with Crippen LogP contribution in [0.3, 0.4) is 0 Å². The zero-order chi connectivity index (χ0) is 29.7. The van der Waals surface area contributed by atoms with Gasteiger partial charge in [-0.25, -0.2) is 12.8 Å². The number of anilines is 1. The van der Waals surface area contributed by atoms with Crippen molar-refractivity contribution < 1.29 is 32.2 Å². The van der Waals surface area contributed by atoms with Crippen LogP contribution in [0.5, 0.6) is 5.75 Å². The Morgan fingerprint density at radius 2 is 1.85 bits per heavy atom. The van der Waals surface area contributed by atoms with Gasteiger partial charge in [0.1, 0.15) is 17.7 Å². The van der Waals surface area contributed by atoms with Gasteiger partial charge in [0.25, 0.3) is 0 Å². The number of likely N-dealkylation sites (N-methyl/N-ethyl adjacent to an activating group) is 1. The van der Waals surface area contributed by atoms with Gasteiger partial charge in [-0.3, -0.25) is 9.59 Å². The SMILES string of the molecule is C[C@@H]1CN([C@H](C)CO)C(=O)Cc2cc(NC(=O)C3CCCCC3)ccc2O[C@@H]1CN(C)S(=O)(=O)c1ccc(F)cc1. The highest BCUT2D eigenvalue weighted by molar-refractivity contribution is 7.89. The van der Waals surface area contributed by atoms with E-state index in [2.05, 4.69) is 5.32 Å². The molecule has 224 valence electrons. The molecule has 41 heavy (non-hydrogen) atoms. The van der Waals surface area contributed by atoms with Crippen LogP contribution in [0.15, 0.2) is 47.4 Å². The van der Waals surface area contributed by atoms with Crippen LogP contribution in [0.4, 0.5) is 10.1 Å². The number of hydrogen-bond acceptors (Lipinski definition) is 6. The third kappa shape index (κ3) is 7.44. The van der Waals surface area contributed by atoms with Crippen molar-refractivity contribution in [1.29, 1.82) is 0 Å². The van der Waals surface area contributed by atoms with Crippen molar-refractivity contribution in [3.63, 3.8) is 0 Å². The molecule has 11 heteroatoms. The first kappa shape index (κ1) is 30.9. The van der Waals surface area contributed by atoms with Crippen LogP contribution in [0.2, 0.25) is 0 Å². The van der Waals surface area contributed by atoms with Crippen LogP contribution in [0.25, 0.3) is 0 Å². The number of sulfonamides is 1. The van der Waals surface area contributed by atoms with E-state index in [1.54, 1.807) is 30.0 Å². The standard InChI is InChI=1S/C30H40FN3O6S/c1-20-17-34(21(2)19-35)29(36)16-23-15-25(32-30(37)22-7-5-4-6-8-22)11-14-27(23)40-28(20)18-33(3)41(38,39)26-12-9-24(31)10-13-26/h9-15,20-22,28,35H,4-8,16-19H2,1-3H3,(H,32,37)/t20-,21-,28-/m1/s1. The van der Waals surface area contributed by atoms with Gasteiger partial charge in [0.2, 0.25) is 21.8 Å². The van der Waals surface area contributed by atoms with Crippen molar-refractivity contribution in [2.75, 3.05) is 32.1 Å². The highest BCUT2D eigenvalue weighted by Crippen LogP contribution is 2.31. The number of halogens is 1. The normalized spacial score (nSPS) is 21.3.